The summed E-state index contributed by atoms with van der Waals surface area (Å²) in [5, 5.41) is 8.13. The molecule has 4 rings (SSSR count). The zero-order valence-electron chi connectivity index (χ0n) is 24.2. The molecular weight excluding hydrogens is 573 g/mol. The minimum Gasteiger partial charge on any atom is -0.363 e. The number of carbonyl (C=O) groups is 6. The highest BCUT2D eigenvalue weighted by molar-refractivity contribution is 6.51. The number of rotatable bonds is 12. The van der Waals surface area contributed by atoms with E-state index in [4.69, 9.17) is 28.9 Å². The molecule has 11 nitrogen and oxygen atoms in total. The maximum Gasteiger partial charge on any atom is 0.316 e. The van der Waals surface area contributed by atoms with E-state index in [-0.39, 0.29) is 42.4 Å². The van der Waals surface area contributed by atoms with Gasteiger partial charge in [-0.2, -0.15) is 0 Å². The van der Waals surface area contributed by atoms with E-state index >= 15 is 0 Å². The van der Waals surface area contributed by atoms with E-state index in [1.807, 2.05) is 13.8 Å². The van der Waals surface area contributed by atoms with E-state index in [2.05, 4.69) is 16.0 Å². The zero-order valence-corrected chi connectivity index (χ0v) is 25.7. The molecule has 41 heavy (non-hydrogen) atoms. The minimum atomic E-state index is -1.23. The molecule has 13 heteroatoms. The second-order valence-electron chi connectivity index (χ2n) is 13.5. The van der Waals surface area contributed by atoms with Crippen LogP contribution in [0.3, 0.4) is 0 Å². The van der Waals surface area contributed by atoms with Crippen molar-refractivity contribution in [1.29, 1.82) is 0 Å². The average Bonchev–Trinajstić information content (AvgIpc) is 3.80. The lowest BCUT2D eigenvalue weighted by Gasteiger charge is -2.37. The molecule has 1 unspecified atom stereocenters. The summed E-state index contributed by atoms with van der Waals surface area (Å²) in [6, 6.07) is -4.62. The molecule has 1 saturated heterocycles. The fourth-order valence-corrected chi connectivity index (χ4v) is 6.62. The third kappa shape index (κ3) is 6.82. The number of Topliss-reactive ketones (excluding diaryl/α,β-unsaturated/α-hetero) is 2. The number of urea groups is 1. The van der Waals surface area contributed by atoms with Gasteiger partial charge in [-0.15, -0.1) is 23.2 Å². The van der Waals surface area contributed by atoms with Gasteiger partial charge in [0.15, 0.2) is 5.78 Å². The highest BCUT2D eigenvalue weighted by atomic mass is 35.5. The van der Waals surface area contributed by atoms with Crippen molar-refractivity contribution in [2.75, 3.05) is 6.54 Å². The SMILES string of the molecule is CC(C)[C@H](NC(=O)N[C@H](C(=O)N1C[C@H]2[C@@H]([C@H]1C(=O)NC(CC1CC1)C(=O)C(N)=O)C2(Cl)Cl)C(C)(C)C)C(=O)C1CC1. The molecule has 228 valence electrons. The van der Waals surface area contributed by atoms with E-state index in [9.17, 15) is 28.8 Å². The van der Waals surface area contributed by atoms with Gasteiger partial charge in [0.25, 0.3) is 5.91 Å². The minimum absolute atomic E-state index is 0.0167. The molecule has 1 heterocycles. The number of nitrogens with two attached hydrogens (primary N) is 1. The van der Waals surface area contributed by atoms with Gasteiger partial charge in [0, 0.05) is 24.3 Å². The first-order valence-electron chi connectivity index (χ1n) is 14.4. The van der Waals surface area contributed by atoms with Crippen LogP contribution in [-0.4, -0.2) is 75.3 Å². The Labute approximate surface area is 250 Å². The molecule has 0 aromatic carbocycles. The highest BCUT2D eigenvalue weighted by Crippen LogP contribution is 2.65. The van der Waals surface area contributed by atoms with Crippen LogP contribution in [0.15, 0.2) is 0 Å². The summed E-state index contributed by atoms with van der Waals surface area (Å²) in [5.41, 5.74) is 4.46. The van der Waals surface area contributed by atoms with Gasteiger partial charge in [0.05, 0.1) is 12.1 Å². The maximum absolute atomic E-state index is 14.0. The van der Waals surface area contributed by atoms with E-state index in [1.165, 1.54) is 4.90 Å². The number of nitrogens with one attached hydrogen (secondary N) is 3. The number of fused-ring (bicyclic) bond motifs is 1. The number of alkyl halides is 2. The van der Waals surface area contributed by atoms with E-state index in [0.717, 1.165) is 25.7 Å². The smallest absolute Gasteiger partial charge is 0.316 e. The summed E-state index contributed by atoms with van der Waals surface area (Å²) in [6.45, 7) is 9.11. The van der Waals surface area contributed by atoms with Crippen molar-refractivity contribution < 1.29 is 28.8 Å². The molecule has 0 spiro atoms. The normalized spacial score (nSPS) is 26.8. The van der Waals surface area contributed by atoms with Gasteiger partial charge in [0.2, 0.25) is 17.6 Å². The standard InChI is InChI=1S/C28H41Cl2N5O6/c1-12(2)18(20(36)14-8-9-14)33-26(41)34-22(27(3,4)5)25(40)35-11-15-17(28(15,29)30)19(35)24(39)32-16(10-13-6-7-13)21(37)23(31)38/h12-19,22H,6-11H2,1-5H3,(H2,31,38)(H,32,39)(H2,33,34,41)/t15-,16?,17-,18-,19-,22+/m0/s1. The molecule has 1 aliphatic heterocycles. The number of hydrogen-bond donors (Lipinski definition) is 4. The topological polar surface area (TPSA) is 168 Å². The lowest BCUT2D eigenvalue weighted by Crippen LogP contribution is -2.62. The molecule has 0 bridgehead atoms. The third-order valence-electron chi connectivity index (χ3n) is 8.65. The second-order valence-corrected chi connectivity index (χ2v) is 15.0. The third-order valence-corrected chi connectivity index (χ3v) is 9.72. The first-order chi connectivity index (χ1) is 18.9. The van der Waals surface area contributed by atoms with Crippen LogP contribution < -0.4 is 21.7 Å². The van der Waals surface area contributed by atoms with Crippen LogP contribution in [0.5, 0.6) is 0 Å². The largest absolute Gasteiger partial charge is 0.363 e. The van der Waals surface area contributed by atoms with E-state index < -0.39 is 69.4 Å². The number of carbonyl (C=O) groups excluding carboxylic acids is 6. The molecule has 6 atom stereocenters. The number of amides is 5. The number of primary amides is 1. The van der Waals surface area contributed by atoms with Crippen LogP contribution >= 0.6 is 23.2 Å². The molecule has 3 saturated carbocycles. The van der Waals surface area contributed by atoms with Crippen LogP contribution in [-0.2, 0) is 24.0 Å². The molecule has 5 N–H and O–H groups in total. The number of piperidine rings is 1. The predicted octanol–water partition coefficient (Wildman–Crippen LogP) is 1.67. The van der Waals surface area contributed by atoms with Gasteiger partial charge in [-0.1, -0.05) is 47.5 Å². The molecule has 5 amide bonds. The van der Waals surface area contributed by atoms with E-state index in [0.29, 0.717) is 0 Å². The Balaban J connectivity index is 1.52. The Bertz CT molecular complexity index is 1130. The van der Waals surface area contributed by atoms with Crippen LogP contribution in [0.2, 0.25) is 0 Å². The Hall–Kier alpha value is -2.40. The molecule has 3 aliphatic carbocycles. The first-order valence-corrected chi connectivity index (χ1v) is 15.1. The Morgan fingerprint density at radius 1 is 0.976 bits per heavy atom. The number of hydrogen-bond acceptors (Lipinski definition) is 6. The molecule has 0 aromatic rings. The van der Waals surface area contributed by atoms with Crippen LogP contribution in [0.1, 0.15) is 66.7 Å². The van der Waals surface area contributed by atoms with Gasteiger partial charge >= 0.3 is 6.03 Å². The number of likely N-dealkylation sites (tertiary alicyclic amines) is 1. The average molecular weight is 615 g/mol. The fourth-order valence-electron chi connectivity index (χ4n) is 5.80. The molecular formula is C28H41Cl2N5O6. The van der Waals surface area contributed by atoms with Crippen molar-refractivity contribution in [3.05, 3.63) is 0 Å². The number of ketones is 2. The number of nitrogens with zero attached hydrogens (tertiary/aromatic N) is 1. The predicted molar refractivity (Wildman–Crippen MR) is 152 cm³/mol. The van der Waals surface area contributed by atoms with Crippen LogP contribution in [0.4, 0.5) is 4.79 Å². The van der Waals surface area contributed by atoms with Crippen LogP contribution in [0, 0.1) is 35.0 Å². The van der Waals surface area contributed by atoms with Gasteiger partial charge < -0.3 is 26.6 Å². The number of halogens is 2. The Morgan fingerprint density at radius 2 is 1.59 bits per heavy atom. The first kappa shape index (κ1) is 31.5. The van der Waals surface area contributed by atoms with Crippen molar-refractivity contribution in [3.63, 3.8) is 0 Å². The van der Waals surface area contributed by atoms with Crippen LogP contribution in [0.25, 0.3) is 0 Å². The van der Waals surface area contributed by atoms with Crippen molar-refractivity contribution >= 4 is 58.5 Å². The summed E-state index contributed by atoms with van der Waals surface area (Å²) >= 11 is 12.9. The van der Waals surface area contributed by atoms with E-state index in [1.54, 1.807) is 20.8 Å². The summed E-state index contributed by atoms with van der Waals surface area (Å²) in [7, 11) is 0. The van der Waals surface area contributed by atoms with Crippen molar-refractivity contribution in [3.8, 4) is 0 Å². The fraction of sp³-hybridized carbons (Fsp3) is 0.786. The second kappa shape index (κ2) is 11.4. The van der Waals surface area contributed by atoms with Gasteiger partial charge in [-0.05, 0) is 36.5 Å². The summed E-state index contributed by atoms with van der Waals surface area (Å²) < 4.78 is -1.23. The van der Waals surface area contributed by atoms with Gasteiger partial charge in [-0.25, -0.2) is 4.79 Å². The molecule has 0 aromatic heterocycles. The summed E-state index contributed by atoms with van der Waals surface area (Å²) in [6.07, 6.45) is 3.66. The zero-order chi connectivity index (χ0) is 30.6. The summed E-state index contributed by atoms with van der Waals surface area (Å²) in [4.78, 5) is 79.0. The summed E-state index contributed by atoms with van der Waals surface area (Å²) in [5.74, 6) is -4.18. The molecule has 4 aliphatic rings. The van der Waals surface area contributed by atoms with Crippen molar-refractivity contribution in [1.82, 2.24) is 20.9 Å². The monoisotopic (exact) mass is 613 g/mol. The lowest BCUT2D eigenvalue weighted by molar-refractivity contribution is -0.144. The van der Waals surface area contributed by atoms with Crippen molar-refractivity contribution in [2.24, 2.45) is 40.7 Å². The maximum atomic E-state index is 14.0. The highest BCUT2D eigenvalue weighted by Gasteiger charge is 2.74. The lowest BCUT2D eigenvalue weighted by atomic mass is 9.85. The molecule has 4 fully saturated rings. The van der Waals surface area contributed by atoms with Gasteiger partial charge in [0.1, 0.15) is 16.4 Å². The Morgan fingerprint density at radius 3 is 2.07 bits per heavy atom. The van der Waals surface area contributed by atoms with Gasteiger partial charge in [-0.3, -0.25) is 24.0 Å². The Kier molecular flexibility index (Phi) is 8.73. The molecule has 0 radical (unpaired) electrons. The quantitative estimate of drug-likeness (QED) is 0.193. The van der Waals surface area contributed by atoms with Crippen molar-refractivity contribution in [2.45, 2.75) is 95.2 Å².